The van der Waals surface area contributed by atoms with E-state index in [1.807, 2.05) is 56.3 Å². The van der Waals surface area contributed by atoms with Crippen LogP contribution in [-0.4, -0.2) is 30.0 Å². The van der Waals surface area contributed by atoms with Crippen LogP contribution in [0.5, 0.6) is 0 Å². The molecule has 26 heavy (non-hydrogen) atoms. The minimum atomic E-state index is -0.0301. The molecular weight excluding hydrogens is 326 g/mol. The zero-order valence-electron chi connectivity index (χ0n) is 15.2. The Hall–Kier alpha value is -2.82. The van der Waals surface area contributed by atoms with Crippen molar-refractivity contribution in [3.05, 3.63) is 59.2 Å². The molecule has 5 heteroatoms. The van der Waals surface area contributed by atoms with E-state index in [4.69, 9.17) is 4.42 Å². The average Bonchev–Trinajstić information content (AvgIpc) is 3.27. The number of aryl methyl sites for hydroxylation is 2. The minimum Gasteiger partial charge on any atom is -0.423 e. The zero-order valence-corrected chi connectivity index (χ0v) is 15.2. The summed E-state index contributed by atoms with van der Waals surface area (Å²) in [5.74, 6) is -0.0301. The van der Waals surface area contributed by atoms with E-state index in [1.165, 1.54) is 5.56 Å². The zero-order chi connectivity index (χ0) is 18.1. The van der Waals surface area contributed by atoms with Crippen molar-refractivity contribution in [2.45, 2.75) is 32.7 Å². The number of aromatic nitrogens is 1. The predicted molar refractivity (Wildman–Crippen MR) is 103 cm³/mol. The molecule has 4 rings (SSSR count). The molecule has 0 saturated carbocycles. The first-order valence-corrected chi connectivity index (χ1v) is 9.09. The molecule has 134 valence electrons. The summed E-state index contributed by atoms with van der Waals surface area (Å²) >= 11 is 0. The summed E-state index contributed by atoms with van der Waals surface area (Å²) in [4.78, 5) is 19.2. The van der Waals surface area contributed by atoms with Gasteiger partial charge in [-0.3, -0.25) is 4.79 Å². The van der Waals surface area contributed by atoms with E-state index >= 15 is 0 Å². The highest BCUT2D eigenvalue weighted by Crippen LogP contribution is 2.28. The second kappa shape index (κ2) is 6.83. The number of hydrogen-bond donors (Lipinski definition) is 1. The maximum atomic E-state index is 12.5. The molecule has 0 radical (unpaired) electrons. The van der Waals surface area contributed by atoms with E-state index in [1.54, 1.807) is 0 Å². The third kappa shape index (κ3) is 3.17. The van der Waals surface area contributed by atoms with E-state index in [9.17, 15) is 4.79 Å². The number of oxazole rings is 1. The van der Waals surface area contributed by atoms with Gasteiger partial charge in [-0.1, -0.05) is 18.2 Å². The lowest BCUT2D eigenvalue weighted by atomic mass is 10.1. The Morgan fingerprint density at radius 2 is 2.08 bits per heavy atom. The molecule has 0 aliphatic carbocycles. The van der Waals surface area contributed by atoms with Crippen LogP contribution in [0.4, 0.5) is 6.01 Å². The minimum absolute atomic E-state index is 0.0301. The SMILES string of the molecule is Cc1ccc(C(=O)NCC2CCCN2c2nc3ccccc3o2)cc1C. The average molecular weight is 349 g/mol. The number of carbonyl (C=O) groups excluding carboxylic acids is 1. The number of para-hydroxylation sites is 2. The third-order valence-corrected chi connectivity index (χ3v) is 5.17. The summed E-state index contributed by atoms with van der Waals surface area (Å²) in [5.41, 5.74) is 4.70. The fraction of sp³-hybridized carbons (Fsp3) is 0.333. The quantitative estimate of drug-likeness (QED) is 0.777. The molecular formula is C21H23N3O2. The van der Waals surface area contributed by atoms with Gasteiger partial charge in [0.25, 0.3) is 11.9 Å². The van der Waals surface area contributed by atoms with Crippen LogP contribution >= 0.6 is 0 Å². The van der Waals surface area contributed by atoms with Crippen LogP contribution in [0.15, 0.2) is 46.9 Å². The Morgan fingerprint density at radius 3 is 2.88 bits per heavy atom. The van der Waals surface area contributed by atoms with Gasteiger partial charge in [0.1, 0.15) is 5.52 Å². The molecule has 1 N–H and O–H groups in total. The number of anilines is 1. The topological polar surface area (TPSA) is 58.4 Å². The fourth-order valence-electron chi connectivity index (χ4n) is 3.48. The van der Waals surface area contributed by atoms with E-state index in [0.717, 1.165) is 36.0 Å². The number of nitrogens with one attached hydrogen (secondary N) is 1. The van der Waals surface area contributed by atoms with Crippen molar-refractivity contribution in [1.82, 2.24) is 10.3 Å². The molecule has 1 unspecified atom stereocenters. The summed E-state index contributed by atoms with van der Waals surface area (Å²) in [6.45, 7) is 5.56. The number of carbonyl (C=O) groups is 1. The van der Waals surface area contributed by atoms with Gasteiger partial charge in [-0.2, -0.15) is 4.98 Å². The van der Waals surface area contributed by atoms with Crippen molar-refractivity contribution in [2.75, 3.05) is 18.0 Å². The molecule has 2 aromatic carbocycles. The third-order valence-electron chi connectivity index (χ3n) is 5.17. The van der Waals surface area contributed by atoms with Gasteiger partial charge in [-0.25, -0.2) is 0 Å². The Kier molecular flexibility index (Phi) is 4.37. The maximum absolute atomic E-state index is 12.5. The number of benzene rings is 2. The first-order chi connectivity index (χ1) is 12.6. The van der Waals surface area contributed by atoms with E-state index < -0.39 is 0 Å². The van der Waals surface area contributed by atoms with Gasteiger partial charge in [0.05, 0.1) is 6.04 Å². The van der Waals surface area contributed by atoms with Gasteiger partial charge in [0.2, 0.25) is 0 Å². The van der Waals surface area contributed by atoms with Gasteiger partial charge in [0.15, 0.2) is 5.58 Å². The molecule has 3 aromatic rings. The van der Waals surface area contributed by atoms with Crippen LogP contribution in [0.1, 0.15) is 34.3 Å². The van der Waals surface area contributed by atoms with E-state index in [2.05, 4.69) is 15.2 Å². The Bertz CT molecular complexity index is 914. The smallest absolute Gasteiger partial charge is 0.298 e. The van der Waals surface area contributed by atoms with Crippen molar-refractivity contribution >= 4 is 23.0 Å². The molecule has 0 spiro atoms. The number of fused-ring (bicyclic) bond motifs is 1. The first kappa shape index (κ1) is 16.6. The lowest BCUT2D eigenvalue weighted by Gasteiger charge is -2.23. The van der Waals surface area contributed by atoms with Gasteiger partial charge in [-0.15, -0.1) is 0 Å². The molecule has 1 amide bonds. The van der Waals surface area contributed by atoms with Crippen molar-refractivity contribution in [3.8, 4) is 0 Å². The van der Waals surface area contributed by atoms with Crippen LogP contribution in [0, 0.1) is 13.8 Å². The van der Waals surface area contributed by atoms with Crippen LogP contribution in [-0.2, 0) is 0 Å². The largest absolute Gasteiger partial charge is 0.423 e. The lowest BCUT2D eigenvalue weighted by Crippen LogP contribution is -2.40. The summed E-state index contributed by atoms with van der Waals surface area (Å²) < 4.78 is 5.90. The predicted octanol–water partition coefficient (Wildman–Crippen LogP) is 3.84. The molecule has 1 fully saturated rings. The number of hydrogen-bond acceptors (Lipinski definition) is 4. The molecule has 1 saturated heterocycles. The summed E-state index contributed by atoms with van der Waals surface area (Å²) in [6, 6.07) is 14.5. The first-order valence-electron chi connectivity index (χ1n) is 9.09. The highest BCUT2D eigenvalue weighted by Gasteiger charge is 2.28. The van der Waals surface area contributed by atoms with Gasteiger partial charge < -0.3 is 14.6 Å². The maximum Gasteiger partial charge on any atom is 0.298 e. The van der Waals surface area contributed by atoms with Crippen LogP contribution in [0.2, 0.25) is 0 Å². The standard InChI is InChI=1S/C21H23N3O2/c1-14-9-10-16(12-15(14)2)20(25)22-13-17-6-5-11-24(17)21-23-18-7-3-4-8-19(18)26-21/h3-4,7-10,12,17H,5-6,11,13H2,1-2H3,(H,22,25). The number of rotatable bonds is 4. The number of nitrogens with zero attached hydrogens (tertiary/aromatic N) is 2. The fourth-order valence-corrected chi connectivity index (χ4v) is 3.48. The van der Waals surface area contributed by atoms with Crippen LogP contribution in [0.3, 0.4) is 0 Å². The molecule has 1 atom stereocenters. The van der Waals surface area contributed by atoms with E-state index in [-0.39, 0.29) is 11.9 Å². The van der Waals surface area contributed by atoms with Gasteiger partial charge in [-0.05, 0) is 62.1 Å². The van der Waals surface area contributed by atoms with Crippen molar-refractivity contribution in [3.63, 3.8) is 0 Å². The van der Waals surface area contributed by atoms with Gasteiger partial charge in [0, 0.05) is 18.7 Å². The van der Waals surface area contributed by atoms with Gasteiger partial charge >= 0.3 is 0 Å². The second-order valence-electron chi connectivity index (χ2n) is 6.96. The Labute approximate surface area is 153 Å². The summed E-state index contributed by atoms with van der Waals surface area (Å²) in [5, 5.41) is 3.07. The van der Waals surface area contributed by atoms with Crippen molar-refractivity contribution in [1.29, 1.82) is 0 Å². The molecule has 2 heterocycles. The molecule has 1 aliphatic heterocycles. The Balaban J connectivity index is 1.45. The summed E-state index contributed by atoms with van der Waals surface area (Å²) in [6.07, 6.45) is 2.09. The Morgan fingerprint density at radius 1 is 1.23 bits per heavy atom. The monoisotopic (exact) mass is 349 g/mol. The number of amides is 1. The lowest BCUT2D eigenvalue weighted by molar-refractivity contribution is 0.0951. The summed E-state index contributed by atoms with van der Waals surface area (Å²) in [7, 11) is 0. The van der Waals surface area contributed by atoms with Crippen LogP contribution < -0.4 is 10.2 Å². The van der Waals surface area contributed by atoms with Crippen molar-refractivity contribution in [2.24, 2.45) is 0 Å². The van der Waals surface area contributed by atoms with Crippen LogP contribution in [0.25, 0.3) is 11.1 Å². The second-order valence-corrected chi connectivity index (χ2v) is 6.96. The molecule has 1 aliphatic rings. The molecule has 0 bridgehead atoms. The highest BCUT2D eigenvalue weighted by molar-refractivity contribution is 5.94. The van der Waals surface area contributed by atoms with Crippen molar-refractivity contribution < 1.29 is 9.21 Å². The van der Waals surface area contributed by atoms with E-state index in [0.29, 0.717) is 18.1 Å². The normalized spacial score (nSPS) is 17.0. The molecule has 5 nitrogen and oxygen atoms in total. The molecule has 1 aromatic heterocycles. The highest BCUT2D eigenvalue weighted by atomic mass is 16.4.